The molecule has 1 aliphatic heterocycles. The first-order chi connectivity index (χ1) is 12.8. The molecule has 1 atom stereocenters. The van der Waals surface area contributed by atoms with E-state index in [4.69, 9.17) is 0 Å². The molecule has 1 aliphatic carbocycles. The number of amides is 1. The number of hydrogen-bond acceptors (Lipinski definition) is 3. The number of fused-ring (bicyclic) bond motifs is 2. The number of hydrogen-bond donors (Lipinski definition) is 1. The average Bonchev–Trinajstić information content (AvgIpc) is 3.35. The number of carbonyl (C=O) groups is 1. The lowest BCUT2D eigenvalue weighted by atomic mass is 9.85. The monoisotopic (exact) mass is 363 g/mol. The zero-order chi connectivity index (χ0) is 17.5. The molecule has 1 saturated heterocycles. The van der Waals surface area contributed by atoms with Crippen molar-refractivity contribution in [2.24, 2.45) is 5.92 Å². The number of thiazole rings is 1. The number of carbonyl (C=O) groups excluding carboxylic acids is 1. The number of H-pyrrole nitrogens is 1. The molecule has 0 spiro atoms. The summed E-state index contributed by atoms with van der Waals surface area (Å²) in [5, 5.41) is 3.98. The van der Waals surface area contributed by atoms with E-state index in [1.165, 1.54) is 25.0 Å². The lowest BCUT2D eigenvalue weighted by molar-refractivity contribution is 0.0744. The molecule has 132 valence electrons. The summed E-state index contributed by atoms with van der Waals surface area (Å²) in [6.07, 6.45) is 10.1. The standard InChI is InChI=1S/C21H21N3OS/c25-21(24-11-3-5-14-4-1-2-6-19(14)24)18-13-26-20(23-18)16-7-8-17-15(12-16)9-10-22-17/h6-10,12-14,22H,1-5,11H2. The van der Waals surface area contributed by atoms with E-state index in [0.29, 0.717) is 11.6 Å². The fourth-order valence-corrected chi connectivity index (χ4v) is 5.02. The molecule has 2 aliphatic rings. The third-order valence-electron chi connectivity index (χ3n) is 5.54. The number of allylic oxidation sites excluding steroid dienone is 2. The van der Waals surface area contributed by atoms with Gasteiger partial charge in [0.15, 0.2) is 0 Å². The van der Waals surface area contributed by atoms with Crippen LogP contribution in [0.25, 0.3) is 21.5 Å². The fourth-order valence-electron chi connectivity index (χ4n) is 4.22. The van der Waals surface area contributed by atoms with Crippen LogP contribution in [0, 0.1) is 5.92 Å². The van der Waals surface area contributed by atoms with Gasteiger partial charge in [0.1, 0.15) is 10.7 Å². The second-order valence-electron chi connectivity index (χ2n) is 7.17. The molecule has 0 bridgehead atoms. The molecule has 0 saturated carbocycles. The van der Waals surface area contributed by atoms with Gasteiger partial charge in [0.2, 0.25) is 0 Å². The van der Waals surface area contributed by atoms with E-state index in [0.717, 1.165) is 40.9 Å². The number of piperidine rings is 1. The van der Waals surface area contributed by atoms with Gasteiger partial charge in [0.05, 0.1) is 0 Å². The molecule has 3 aromatic rings. The molecule has 5 heteroatoms. The highest BCUT2D eigenvalue weighted by atomic mass is 32.1. The summed E-state index contributed by atoms with van der Waals surface area (Å²) in [6.45, 7) is 0.823. The number of aromatic amines is 1. The Morgan fingerprint density at radius 1 is 1.23 bits per heavy atom. The van der Waals surface area contributed by atoms with Crippen molar-refractivity contribution in [1.29, 1.82) is 0 Å². The molecule has 2 aromatic heterocycles. The van der Waals surface area contributed by atoms with Gasteiger partial charge >= 0.3 is 0 Å². The Morgan fingerprint density at radius 3 is 3.12 bits per heavy atom. The molecule has 1 N–H and O–H groups in total. The second kappa shape index (κ2) is 6.40. The Kier molecular flexibility index (Phi) is 3.89. The largest absolute Gasteiger partial charge is 0.361 e. The molecular weight excluding hydrogens is 342 g/mol. The number of nitrogens with one attached hydrogen (secondary N) is 1. The van der Waals surface area contributed by atoms with Crippen molar-refractivity contribution in [2.75, 3.05) is 6.54 Å². The predicted octanol–water partition coefficient (Wildman–Crippen LogP) is 5.21. The van der Waals surface area contributed by atoms with Crippen LogP contribution in [0.4, 0.5) is 0 Å². The minimum absolute atomic E-state index is 0.0630. The number of benzene rings is 1. The Bertz CT molecular complexity index is 1000. The van der Waals surface area contributed by atoms with E-state index in [9.17, 15) is 4.79 Å². The topological polar surface area (TPSA) is 49.0 Å². The lowest BCUT2D eigenvalue weighted by Gasteiger charge is -2.37. The summed E-state index contributed by atoms with van der Waals surface area (Å²) >= 11 is 1.55. The minimum Gasteiger partial charge on any atom is -0.361 e. The summed E-state index contributed by atoms with van der Waals surface area (Å²) in [6, 6.07) is 8.31. The summed E-state index contributed by atoms with van der Waals surface area (Å²) in [5.74, 6) is 0.628. The summed E-state index contributed by atoms with van der Waals surface area (Å²) in [4.78, 5) is 23.0. The van der Waals surface area contributed by atoms with E-state index >= 15 is 0 Å². The van der Waals surface area contributed by atoms with Gasteiger partial charge in [-0.3, -0.25) is 4.79 Å². The number of rotatable bonds is 2. The Morgan fingerprint density at radius 2 is 2.15 bits per heavy atom. The summed E-state index contributed by atoms with van der Waals surface area (Å²) in [5.41, 5.74) is 4.00. The van der Waals surface area contributed by atoms with Gasteiger partial charge in [-0.05, 0) is 62.3 Å². The zero-order valence-electron chi connectivity index (χ0n) is 14.6. The Hall–Kier alpha value is -2.40. The average molecular weight is 363 g/mol. The molecule has 1 aromatic carbocycles. The van der Waals surface area contributed by atoms with Crippen molar-refractivity contribution in [3.05, 3.63) is 53.3 Å². The van der Waals surface area contributed by atoms with Gasteiger partial charge < -0.3 is 9.88 Å². The molecule has 5 rings (SSSR count). The van der Waals surface area contributed by atoms with Crippen molar-refractivity contribution in [3.8, 4) is 10.6 Å². The molecule has 1 fully saturated rings. The lowest BCUT2D eigenvalue weighted by Crippen LogP contribution is -2.39. The highest BCUT2D eigenvalue weighted by Gasteiger charge is 2.31. The van der Waals surface area contributed by atoms with Crippen LogP contribution in [-0.4, -0.2) is 27.3 Å². The van der Waals surface area contributed by atoms with E-state index in [2.05, 4.69) is 40.3 Å². The van der Waals surface area contributed by atoms with Gasteiger partial charge in [-0.1, -0.05) is 6.08 Å². The highest BCUT2D eigenvalue weighted by molar-refractivity contribution is 7.13. The molecule has 1 unspecified atom stereocenters. The van der Waals surface area contributed by atoms with Crippen molar-refractivity contribution in [3.63, 3.8) is 0 Å². The smallest absolute Gasteiger partial charge is 0.277 e. The second-order valence-corrected chi connectivity index (χ2v) is 8.03. The SMILES string of the molecule is O=C(c1csc(-c2ccc3[nH]ccc3c2)n1)N1CCCC2CCCC=C21. The third kappa shape index (κ3) is 2.67. The van der Waals surface area contributed by atoms with Crippen LogP contribution in [0.1, 0.15) is 42.6 Å². The highest BCUT2D eigenvalue weighted by Crippen LogP contribution is 2.36. The normalized spacial score (nSPS) is 20.1. The Labute approximate surface area is 156 Å². The predicted molar refractivity (Wildman–Crippen MR) is 105 cm³/mol. The summed E-state index contributed by atoms with van der Waals surface area (Å²) in [7, 11) is 0. The van der Waals surface area contributed by atoms with Crippen LogP contribution in [0.15, 0.2) is 47.6 Å². The molecule has 1 amide bonds. The fraction of sp³-hybridized carbons (Fsp3) is 0.333. The van der Waals surface area contributed by atoms with Crippen molar-refractivity contribution < 1.29 is 4.79 Å². The maximum absolute atomic E-state index is 13.1. The first kappa shape index (κ1) is 15.8. The van der Waals surface area contributed by atoms with Gasteiger partial charge in [0, 0.05) is 40.3 Å². The molecule has 4 nitrogen and oxygen atoms in total. The number of nitrogens with zero attached hydrogens (tertiary/aromatic N) is 2. The molecule has 26 heavy (non-hydrogen) atoms. The van der Waals surface area contributed by atoms with E-state index in [1.807, 2.05) is 16.5 Å². The zero-order valence-corrected chi connectivity index (χ0v) is 15.4. The van der Waals surface area contributed by atoms with E-state index in [1.54, 1.807) is 11.3 Å². The maximum atomic E-state index is 13.1. The van der Waals surface area contributed by atoms with Crippen LogP contribution < -0.4 is 0 Å². The quantitative estimate of drug-likeness (QED) is 0.679. The van der Waals surface area contributed by atoms with Gasteiger partial charge in [-0.15, -0.1) is 11.3 Å². The van der Waals surface area contributed by atoms with Crippen LogP contribution in [0.5, 0.6) is 0 Å². The van der Waals surface area contributed by atoms with Crippen LogP contribution in [0.2, 0.25) is 0 Å². The number of likely N-dealkylation sites (tertiary alicyclic amines) is 1. The summed E-state index contributed by atoms with van der Waals surface area (Å²) < 4.78 is 0. The first-order valence-corrected chi connectivity index (χ1v) is 10.2. The molecule has 3 heterocycles. The third-order valence-corrected chi connectivity index (χ3v) is 6.43. The first-order valence-electron chi connectivity index (χ1n) is 9.34. The minimum atomic E-state index is 0.0630. The van der Waals surface area contributed by atoms with Crippen molar-refractivity contribution in [2.45, 2.75) is 32.1 Å². The van der Waals surface area contributed by atoms with Crippen molar-refractivity contribution >= 4 is 28.1 Å². The van der Waals surface area contributed by atoms with Gasteiger partial charge in [0.25, 0.3) is 5.91 Å². The Balaban J connectivity index is 1.44. The van der Waals surface area contributed by atoms with Gasteiger partial charge in [-0.2, -0.15) is 0 Å². The maximum Gasteiger partial charge on any atom is 0.277 e. The van der Waals surface area contributed by atoms with E-state index < -0.39 is 0 Å². The van der Waals surface area contributed by atoms with Crippen LogP contribution >= 0.6 is 11.3 Å². The molecular formula is C21H21N3OS. The molecule has 0 radical (unpaired) electrons. The van der Waals surface area contributed by atoms with Gasteiger partial charge in [-0.25, -0.2) is 4.98 Å². The number of aromatic nitrogens is 2. The van der Waals surface area contributed by atoms with Crippen molar-refractivity contribution in [1.82, 2.24) is 14.9 Å². The van der Waals surface area contributed by atoms with Crippen LogP contribution in [0.3, 0.4) is 0 Å². The van der Waals surface area contributed by atoms with E-state index in [-0.39, 0.29) is 5.91 Å². The van der Waals surface area contributed by atoms with Crippen LogP contribution in [-0.2, 0) is 0 Å².